The molecule has 4 heteroatoms. The number of ether oxygens (including phenoxy) is 2. The summed E-state index contributed by atoms with van der Waals surface area (Å²) in [6, 6.07) is 12.5. The van der Waals surface area contributed by atoms with E-state index in [9.17, 15) is 4.79 Å². The number of carboxylic acid groups (broad SMARTS) is 1. The molecule has 1 N–H and O–H groups in total. The largest absolute Gasteiger partial charge is 0.492 e. The first-order valence-electron chi connectivity index (χ1n) is 11.4. The zero-order chi connectivity index (χ0) is 21.6. The molecule has 0 amide bonds. The topological polar surface area (TPSA) is 55.8 Å². The minimum Gasteiger partial charge on any atom is -0.492 e. The van der Waals surface area contributed by atoms with Gasteiger partial charge in [0, 0.05) is 17.5 Å². The summed E-state index contributed by atoms with van der Waals surface area (Å²) in [7, 11) is 0. The number of fused-ring (bicyclic) bond motifs is 2. The zero-order valence-electron chi connectivity index (χ0n) is 18.3. The summed E-state index contributed by atoms with van der Waals surface area (Å²) in [5, 5.41) is 9.10. The van der Waals surface area contributed by atoms with Gasteiger partial charge in [0.25, 0.3) is 0 Å². The molecule has 162 valence electrons. The lowest BCUT2D eigenvalue weighted by molar-refractivity contribution is -0.137. The number of carbonyl (C=O) groups is 1. The van der Waals surface area contributed by atoms with E-state index in [0.29, 0.717) is 6.61 Å². The highest BCUT2D eigenvalue weighted by molar-refractivity contribution is 5.74. The van der Waals surface area contributed by atoms with Gasteiger partial charge in [-0.05, 0) is 65.8 Å². The van der Waals surface area contributed by atoms with Gasteiger partial charge in [-0.1, -0.05) is 44.2 Å². The third-order valence-corrected chi connectivity index (χ3v) is 7.15. The van der Waals surface area contributed by atoms with Crippen LogP contribution in [0, 0.1) is 5.41 Å². The van der Waals surface area contributed by atoms with Crippen LogP contribution >= 0.6 is 0 Å². The van der Waals surface area contributed by atoms with Gasteiger partial charge in [0.1, 0.15) is 17.6 Å². The van der Waals surface area contributed by atoms with Crippen molar-refractivity contribution in [1.82, 2.24) is 0 Å². The van der Waals surface area contributed by atoms with Gasteiger partial charge in [0.05, 0.1) is 13.0 Å². The lowest BCUT2D eigenvalue weighted by Crippen LogP contribution is -2.18. The zero-order valence-corrected chi connectivity index (χ0v) is 18.3. The van der Waals surface area contributed by atoms with Gasteiger partial charge in [-0.3, -0.25) is 4.79 Å². The molecule has 0 aromatic heterocycles. The maximum atomic E-state index is 11.1. The molecule has 1 heterocycles. The highest BCUT2D eigenvalue weighted by Crippen LogP contribution is 2.47. The van der Waals surface area contributed by atoms with Gasteiger partial charge in [-0.15, -0.1) is 0 Å². The number of carboxylic acids is 1. The molecule has 0 saturated carbocycles. The molecule has 0 bridgehead atoms. The van der Waals surface area contributed by atoms with E-state index in [1.54, 1.807) is 0 Å². The Morgan fingerprint density at radius 2 is 2.10 bits per heavy atom. The van der Waals surface area contributed by atoms with Crippen molar-refractivity contribution < 1.29 is 19.4 Å². The molecule has 31 heavy (non-hydrogen) atoms. The molecule has 3 aliphatic rings. The quantitative estimate of drug-likeness (QED) is 0.619. The Morgan fingerprint density at radius 1 is 1.23 bits per heavy atom. The summed E-state index contributed by atoms with van der Waals surface area (Å²) in [6.07, 6.45) is 8.25. The SMILES string of the molecule is CC1(C)CCCC=C1c1cccc2c1CC[C@H]2Oc1ccc2c(c1)OC[C@H]2CC(=O)O. The first kappa shape index (κ1) is 20.2. The average molecular weight is 419 g/mol. The molecule has 1 aliphatic heterocycles. The number of hydrogen-bond donors (Lipinski definition) is 1. The molecule has 0 radical (unpaired) electrons. The fourth-order valence-electron chi connectivity index (χ4n) is 5.54. The first-order valence-corrected chi connectivity index (χ1v) is 11.4. The van der Waals surface area contributed by atoms with Gasteiger partial charge >= 0.3 is 5.97 Å². The molecule has 2 aromatic rings. The van der Waals surface area contributed by atoms with Crippen LogP contribution in [0.1, 0.15) is 80.2 Å². The van der Waals surface area contributed by atoms with E-state index < -0.39 is 5.97 Å². The molecule has 2 atom stereocenters. The monoisotopic (exact) mass is 418 g/mol. The van der Waals surface area contributed by atoms with Crippen LogP contribution < -0.4 is 9.47 Å². The van der Waals surface area contributed by atoms with Gasteiger partial charge in [0.15, 0.2) is 0 Å². The second-order valence-electron chi connectivity index (χ2n) is 9.72. The van der Waals surface area contributed by atoms with Crippen LogP contribution in [0.5, 0.6) is 11.5 Å². The fourth-order valence-corrected chi connectivity index (χ4v) is 5.54. The number of allylic oxidation sites excluding steroid dienone is 2. The summed E-state index contributed by atoms with van der Waals surface area (Å²) in [5.74, 6) is 0.667. The Labute approximate surface area is 183 Å². The van der Waals surface area contributed by atoms with Crippen LogP contribution in [0.3, 0.4) is 0 Å². The predicted molar refractivity (Wildman–Crippen MR) is 121 cm³/mol. The fraction of sp³-hybridized carbons (Fsp3) is 0.444. The van der Waals surface area contributed by atoms with Crippen molar-refractivity contribution in [2.24, 2.45) is 5.41 Å². The maximum Gasteiger partial charge on any atom is 0.304 e. The number of aliphatic carboxylic acids is 1. The summed E-state index contributed by atoms with van der Waals surface area (Å²) in [5.41, 5.74) is 6.82. The van der Waals surface area contributed by atoms with Crippen molar-refractivity contribution in [3.63, 3.8) is 0 Å². The Bertz CT molecular complexity index is 1050. The van der Waals surface area contributed by atoms with Gasteiger partial charge in [-0.25, -0.2) is 0 Å². The lowest BCUT2D eigenvalue weighted by atomic mass is 9.72. The summed E-state index contributed by atoms with van der Waals surface area (Å²) in [6.45, 7) is 5.15. The maximum absolute atomic E-state index is 11.1. The normalized spacial score (nSPS) is 23.5. The minimum atomic E-state index is -0.795. The molecule has 4 nitrogen and oxygen atoms in total. The highest BCUT2D eigenvalue weighted by atomic mass is 16.5. The summed E-state index contributed by atoms with van der Waals surface area (Å²) < 4.78 is 12.2. The summed E-state index contributed by atoms with van der Waals surface area (Å²) in [4.78, 5) is 11.1. The third kappa shape index (κ3) is 3.73. The molecule has 0 saturated heterocycles. The van der Waals surface area contributed by atoms with E-state index in [2.05, 4.69) is 38.1 Å². The van der Waals surface area contributed by atoms with Crippen LogP contribution in [0.15, 0.2) is 42.5 Å². The minimum absolute atomic E-state index is 0.0384. The second kappa shape index (κ2) is 7.74. The van der Waals surface area contributed by atoms with E-state index in [-0.39, 0.29) is 23.9 Å². The first-order chi connectivity index (χ1) is 14.9. The lowest BCUT2D eigenvalue weighted by Gasteiger charge is -2.33. The Kier molecular flexibility index (Phi) is 5.04. The van der Waals surface area contributed by atoms with Crippen LogP contribution in [-0.2, 0) is 11.2 Å². The molecular formula is C27H30O4. The number of benzene rings is 2. The number of rotatable bonds is 5. The number of hydrogen-bond acceptors (Lipinski definition) is 3. The molecule has 0 unspecified atom stereocenters. The van der Waals surface area contributed by atoms with Crippen molar-refractivity contribution in [2.75, 3.05) is 6.61 Å². The van der Waals surface area contributed by atoms with Crippen molar-refractivity contribution in [3.05, 3.63) is 64.7 Å². The Morgan fingerprint density at radius 3 is 2.90 bits per heavy atom. The molecular weight excluding hydrogens is 388 g/mol. The Balaban J connectivity index is 1.39. The average Bonchev–Trinajstić information content (AvgIpc) is 3.32. The molecule has 2 aromatic carbocycles. The van der Waals surface area contributed by atoms with Crippen molar-refractivity contribution in [1.29, 1.82) is 0 Å². The Hall–Kier alpha value is -2.75. The smallest absolute Gasteiger partial charge is 0.304 e. The molecule has 2 aliphatic carbocycles. The standard InChI is InChI=1S/C27H30O4/c1-27(2)13-4-3-8-23(27)21-6-5-7-22-20(21)11-12-24(22)31-18-9-10-19-17(14-26(28)29)16-30-25(19)15-18/h5-10,15,17,24H,3-4,11-14,16H2,1-2H3,(H,28,29)/t17-,24-/m1/s1. The van der Waals surface area contributed by atoms with Crippen LogP contribution in [0.2, 0.25) is 0 Å². The molecule has 5 rings (SSSR count). The van der Waals surface area contributed by atoms with Crippen LogP contribution in [-0.4, -0.2) is 17.7 Å². The van der Waals surface area contributed by atoms with Crippen molar-refractivity contribution in [2.45, 2.75) is 64.4 Å². The van der Waals surface area contributed by atoms with Gasteiger partial charge in [-0.2, -0.15) is 0 Å². The molecule has 0 fully saturated rings. The van der Waals surface area contributed by atoms with Crippen molar-refractivity contribution in [3.8, 4) is 11.5 Å². The van der Waals surface area contributed by atoms with E-state index in [4.69, 9.17) is 14.6 Å². The molecule has 0 spiro atoms. The predicted octanol–water partition coefficient (Wildman–Crippen LogP) is 6.30. The van der Waals surface area contributed by atoms with Gasteiger partial charge in [0.2, 0.25) is 0 Å². The summed E-state index contributed by atoms with van der Waals surface area (Å²) >= 11 is 0. The van der Waals surface area contributed by atoms with Gasteiger partial charge < -0.3 is 14.6 Å². The van der Waals surface area contributed by atoms with E-state index in [1.165, 1.54) is 41.5 Å². The van der Waals surface area contributed by atoms with Crippen molar-refractivity contribution >= 4 is 11.5 Å². The van der Waals surface area contributed by atoms with Crippen LogP contribution in [0.4, 0.5) is 0 Å². The van der Waals surface area contributed by atoms with E-state index in [0.717, 1.165) is 29.9 Å². The van der Waals surface area contributed by atoms with E-state index in [1.807, 2.05) is 18.2 Å². The second-order valence-corrected chi connectivity index (χ2v) is 9.72. The van der Waals surface area contributed by atoms with E-state index >= 15 is 0 Å². The highest BCUT2D eigenvalue weighted by Gasteiger charge is 2.33. The van der Waals surface area contributed by atoms with Crippen LogP contribution in [0.25, 0.3) is 5.57 Å². The third-order valence-electron chi connectivity index (χ3n) is 7.15.